The molecular weight excluding hydrogens is 262 g/mol. The Labute approximate surface area is 127 Å². The average Bonchev–Trinajstić information content (AvgIpc) is 3.14. The van der Waals surface area contributed by atoms with Gasteiger partial charge in [0.05, 0.1) is 12.7 Å². The summed E-state index contributed by atoms with van der Waals surface area (Å²) in [6.07, 6.45) is 5.46. The molecule has 3 rings (SSSR count). The summed E-state index contributed by atoms with van der Waals surface area (Å²) >= 11 is 0. The predicted octanol–water partition coefficient (Wildman–Crippen LogP) is 3.27. The lowest BCUT2D eigenvalue weighted by Crippen LogP contribution is -2.41. The van der Waals surface area contributed by atoms with Crippen LogP contribution < -0.4 is 10.5 Å². The number of hydrogen-bond donors (Lipinski definition) is 2. The number of rotatable bonds is 6. The van der Waals surface area contributed by atoms with Gasteiger partial charge in [0, 0.05) is 12.0 Å². The molecule has 4 unspecified atom stereocenters. The first-order valence-electron chi connectivity index (χ1n) is 8.30. The second-order valence-corrected chi connectivity index (χ2v) is 6.84. The maximum atomic E-state index is 10.9. The van der Waals surface area contributed by atoms with Crippen molar-refractivity contribution in [3.8, 4) is 5.75 Å². The molecule has 0 amide bonds. The summed E-state index contributed by atoms with van der Waals surface area (Å²) < 4.78 is 5.61. The topological polar surface area (TPSA) is 55.5 Å². The number of ether oxygens (including phenoxy) is 1. The Bertz CT molecular complexity index is 473. The molecule has 0 spiro atoms. The molecule has 4 atom stereocenters. The second-order valence-electron chi connectivity index (χ2n) is 6.84. The van der Waals surface area contributed by atoms with Crippen molar-refractivity contribution in [2.24, 2.45) is 23.0 Å². The molecule has 2 saturated carbocycles. The Hall–Kier alpha value is -1.06. The van der Waals surface area contributed by atoms with Gasteiger partial charge in [0.2, 0.25) is 0 Å². The largest absolute Gasteiger partial charge is 0.494 e. The van der Waals surface area contributed by atoms with Gasteiger partial charge in [-0.2, -0.15) is 0 Å². The molecule has 2 bridgehead atoms. The van der Waals surface area contributed by atoms with E-state index in [1.807, 2.05) is 24.3 Å². The van der Waals surface area contributed by atoms with Gasteiger partial charge >= 0.3 is 0 Å². The molecule has 3 N–H and O–H groups in total. The fourth-order valence-electron chi connectivity index (χ4n) is 4.48. The van der Waals surface area contributed by atoms with Crippen LogP contribution in [0.1, 0.15) is 50.7 Å². The number of hydrogen-bond acceptors (Lipinski definition) is 3. The summed E-state index contributed by atoms with van der Waals surface area (Å²) in [5.74, 6) is 2.25. The van der Waals surface area contributed by atoms with Gasteiger partial charge in [0.15, 0.2) is 0 Å². The summed E-state index contributed by atoms with van der Waals surface area (Å²) in [4.78, 5) is 0. The van der Waals surface area contributed by atoms with Crippen LogP contribution in [0.15, 0.2) is 24.3 Å². The van der Waals surface area contributed by atoms with Crippen LogP contribution in [-0.2, 0) is 0 Å². The smallest absolute Gasteiger partial charge is 0.119 e. The highest BCUT2D eigenvalue weighted by Crippen LogP contribution is 2.60. The van der Waals surface area contributed by atoms with Crippen LogP contribution in [0.5, 0.6) is 5.75 Å². The Kier molecular flexibility index (Phi) is 4.23. The molecule has 1 aromatic carbocycles. The monoisotopic (exact) mass is 289 g/mol. The highest BCUT2D eigenvalue weighted by Gasteiger charge is 2.54. The maximum absolute atomic E-state index is 10.9. The first-order valence-corrected chi connectivity index (χ1v) is 8.30. The quantitative estimate of drug-likeness (QED) is 0.845. The van der Waals surface area contributed by atoms with E-state index in [0.717, 1.165) is 36.7 Å². The highest BCUT2D eigenvalue weighted by molar-refractivity contribution is 5.30. The van der Waals surface area contributed by atoms with E-state index in [2.05, 4.69) is 6.92 Å². The lowest BCUT2D eigenvalue weighted by Gasteiger charge is -2.41. The van der Waals surface area contributed by atoms with Crippen molar-refractivity contribution < 1.29 is 9.84 Å². The van der Waals surface area contributed by atoms with Gasteiger partial charge in [-0.3, -0.25) is 0 Å². The van der Waals surface area contributed by atoms with Crippen molar-refractivity contribution in [3.63, 3.8) is 0 Å². The summed E-state index contributed by atoms with van der Waals surface area (Å²) in [5, 5.41) is 10.9. The maximum Gasteiger partial charge on any atom is 0.119 e. The van der Waals surface area contributed by atoms with Crippen LogP contribution in [0.25, 0.3) is 0 Å². The van der Waals surface area contributed by atoms with Crippen molar-refractivity contribution in [1.29, 1.82) is 0 Å². The normalized spacial score (nSPS) is 32.3. The molecule has 21 heavy (non-hydrogen) atoms. The number of nitrogens with two attached hydrogens (primary N) is 1. The van der Waals surface area contributed by atoms with E-state index in [1.165, 1.54) is 19.3 Å². The third kappa shape index (κ3) is 2.58. The van der Waals surface area contributed by atoms with E-state index in [-0.39, 0.29) is 5.41 Å². The molecule has 0 aliphatic heterocycles. The van der Waals surface area contributed by atoms with Crippen LogP contribution in [0, 0.1) is 17.3 Å². The molecule has 3 heteroatoms. The molecule has 0 aromatic heterocycles. The van der Waals surface area contributed by atoms with E-state index in [4.69, 9.17) is 10.5 Å². The van der Waals surface area contributed by atoms with Gasteiger partial charge in [-0.1, -0.05) is 25.5 Å². The van der Waals surface area contributed by atoms with Crippen molar-refractivity contribution in [2.75, 3.05) is 13.2 Å². The lowest BCUT2D eigenvalue weighted by molar-refractivity contribution is -0.0130. The van der Waals surface area contributed by atoms with Crippen LogP contribution in [0.3, 0.4) is 0 Å². The molecule has 1 aromatic rings. The SMILES string of the molecule is CCCOc1ccc(C(O)C2(CN)CC3CCC2C3)cc1. The third-order valence-electron chi connectivity index (χ3n) is 5.62. The van der Waals surface area contributed by atoms with Gasteiger partial charge < -0.3 is 15.6 Å². The number of aliphatic hydroxyl groups is 1. The van der Waals surface area contributed by atoms with Crippen molar-refractivity contribution >= 4 is 0 Å². The zero-order chi connectivity index (χ0) is 14.9. The standard InChI is InChI=1S/C18H27NO2/c1-2-9-21-16-7-4-14(5-8-16)17(20)18(12-19)11-13-3-6-15(18)10-13/h4-5,7-8,13,15,17,20H,2-3,6,9-12,19H2,1H3. The van der Waals surface area contributed by atoms with E-state index in [9.17, 15) is 5.11 Å². The molecule has 3 nitrogen and oxygen atoms in total. The van der Waals surface area contributed by atoms with Crippen LogP contribution in [-0.4, -0.2) is 18.3 Å². The van der Waals surface area contributed by atoms with E-state index < -0.39 is 6.10 Å². The first-order chi connectivity index (χ1) is 10.2. The highest BCUT2D eigenvalue weighted by atomic mass is 16.5. The van der Waals surface area contributed by atoms with E-state index in [1.54, 1.807) is 0 Å². The van der Waals surface area contributed by atoms with Gasteiger partial charge in [-0.15, -0.1) is 0 Å². The van der Waals surface area contributed by atoms with Crippen LogP contribution in [0.2, 0.25) is 0 Å². The Morgan fingerprint density at radius 3 is 2.62 bits per heavy atom. The zero-order valence-electron chi connectivity index (χ0n) is 12.9. The van der Waals surface area contributed by atoms with Crippen molar-refractivity contribution in [3.05, 3.63) is 29.8 Å². The molecule has 0 radical (unpaired) electrons. The Morgan fingerprint density at radius 1 is 1.33 bits per heavy atom. The molecule has 2 fully saturated rings. The van der Waals surface area contributed by atoms with Gasteiger partial charge in [-0.25, -0.2) is 0 Å². The molecular formula is C18H27NO2. The zero-order valence-corrected chi connectivity index (χ0v) is 12.9. The van der Waals surface area contributed by atoms with Gasteiger partial charge in [0.1, 0.15) is 5.75 Å². The summed E-state index contributed by atoms with van der Waals surface area (Å²) in [6.45, 7) is 3.42. The Morgan fingerprint density at radius 2 is 2.10 bits per heavy atom. The van der Waals surface area contributed by atoms with Crippen molar-refractivity contribution in [1.82, 2.24) is 0 Å². The number of aliphatic hydroxyl groups excluding tert-OH is 1. The minimum absolute atomic E-state index is 0.102. The first kappa shape index (κ1) is 14.9. The van der Waals surface area contributed by atoms with Crippen LogP contribution in [0.4, 0.5) is 0 Å². The molecule has 0 heterocycles. The fourth-order valence-corrected chi connectivity index (χ4v) is 4.48. The molecule has 0 saturated heterocycles. The summed E-state index contributed by atoms with van der Waals surface area (Å²) in [5.41, 5.74) is 6.99. The number of fused-ring (bicyclic) bond motifs is 2. The second kappa shape index (κ2) is 5.98. The molecule has 2 aliphatic rings. The van der Waals surface area contributed by atoms with E-state index in [0.29, 0.717) is 12.5 Å². The summed E-state index contributed by atoms with van der Waals surface area (Å²) in [6, 6.07) is 7.93. The minimum atomic E-state index is -0.446. The molecule has 2 aliphatic carbocycles. The predicted molar refractivity (Wildman–Crippen MR) is 84.1 cm³/mol. The van der Waals surface area contributed by atoms with E-state index >= 15 is 0 Å². The van der Waals surface area contributed by atoms with Crippen molar-refractivity contribution in [2.45, 2.75) is 45.1 Å². The molecule has 116 valence electrons. The van der Waals surface area contributed by atoms with Gasteiger partial charge in [-0.05, 0) is 55.2 Å². The third-order valence-corrected chi connectivity index (χ3v) is 5.62. The number of benzene rings is 1. The van der Waals surface area contributed by atoms with Crippen LogP contribution >= 0.6 is 0 Å². The Balaban J connectivity index is 1.76. The average molecular weight is 289 g/mol. The summed E-state index contributed by atoms with van der Waals surface area (Å²) in [7, 11) is 0. The van der Waals surface area contributed by atoms with Gasteiger partial charge in [0.25, 0.3) is 0 Å². The minimum Gasteiger partial charge on any atom is -0.494 e. The lowest BCUT2D eigenvalue weighted by atomic mass is 9.67. The fraction of sp³-hybridized carbons (Fsp3) is 0.667.